The molecule has 0 fully saturated rings. The minimum atomic E-state index is -0.367. The number of nitrogens with one attached hydrogen (secondary N) is 1. The number of amides is 1. The Morgan fingerprint density at radius 3 is 2.61 bits per heavy atom. The second-order valence-corrected chi connectivity index (χ2v) is 4.28. The first-order chi connectivity index (χ1) is 8.56. The normalized spacial score (nSPS) is 10.2. The lowest BCUT2D eigenvalue weighted by molar-refractivity contribution is 0.102. The van der Waals surface area contributed by atoms with Gasteiger partial charge in [0, 0.05) is 11.3 Å². The Kier molecular flexibility index (Phi) is 3.42. The number of carbonyl (C=O) groups is 1. The Morgan fingerprint density at radius 1 is 1.11 bits per heavy atom. The molecule has 1 N–H and O–H groups in total. The molecule has 0 aliphatic rings. The Bertz CT molecular complexity index is 593. The van der Waals surface area contributed by atoms with E-state index < -0.39 is 0 Å². The summed E-state index contributed by atoms with van der Waals surface area (Å²) in [4.78, 5) is 12.1. The van der Waals surface area contributed by atoms with Crippen molar-refractivity contribution in [2.45, 2.75) is 13.8 Å². The highest BCUT2D eigenvalue weighted by atomic mass is 19.1. The van der Waals surface area contributed by atoms with Gasteiger partial charge in [-0.3, -0.25) is 4.79 Å². The van der Waals surface area contributed by atoms with E-state index in [9.17, 15) is 9.18 Å². The molecular formula is C15H14FNO. The van der Waals surface area contributed by atoms with Crippen LogP contribution in [0, 0.1) is 19.7 Å². The minimum absolute atomic E-state index is 0.221. The lowest BCUT2D eigenvalue weighted by Gasteiger charge is -2.08. The van der Waals surface area contributed by atoms with Gasteiger partial charge in [0.15, 0.2) is 0 Å². The van der Waals surface area contributed by atoms with E-state index in [-0.39, 0.29) is 11.7 Å². The van der Waals surface area contributed by atoms with Gasteiger partial charge in [-0.25, -0.2) is 4.39 Å². The Hall–Kier alpha value is -2.16. The molecule has 2 aromatic carbocycles. The maximum Gasteiger partial charge on any atom is 0.255 e. The molecule has 0 heterocycles. The van der Waals surface area contributed by atoms with Crippen LogP contribution in [-0.4, -0.2) is 5.91 Å². The SMILES string of the molecule is Cc1ccc(C)c(C(=O)Nc2cccc(F)c2)c1. The first-order valence-corrected chi connectivity index (χ1v) is 5.70. The van der Waals surface area contributed by atoms with Crippen LogP contribution in [-0.2, 0) is 0 Å². The Labute approximate surface area is 105 Å². The number of hydrogen-bond acceptors (Lipinski definition) is 1. The Balaban J connectivity index is 2.24. The van der Waals surface area contributed by atoms with Crippen molar-refractivity contribution in [2.24, 2.45) is 0 Å². The van der Waals surface area contributed by atoms with Gasteiger partial charge in [-0.05, 0) is 43.7 Å². The van der Waals surface area contributed by atoms with Crippen LogP contribution in [0.2, 0.25) is 0 Å². The van der Waals surface area contributed by atoms with Gasteiger partial charge in [0.1, 0.15) is 5.82 Å². The lowest BCUT2D eigenvalue weighted by atomic mass is 10.1. The summed E-state index contributed by atoms with van der Waals surface area (Å²) < 4.78 is 13.0. The third-order valence-corrected chi connectivity index (χ3v) is 2.72. The molecule has 0 spiro atoms. The number of anilines is 1. The predicted octanol–water partition coefficient (Wildman–Crippen LogP) is 3.69. The average Bonchev–Trinajstić information content (AvgIpc) is 2.32. The molecule has 0 saturated heterocycles. The zero-order valence-corrected chi connectivity index (χ0v) is 10.3. The summed E-state index contributed by atoms with van der Waals surface area (Å²) in [6.07, 6.45) is 0. The summed E-state index contributed by atoms with van der Waals surface area (Å²) >= 11 is 0. The zero-order valence-electron chi connectivity index (χ0n) is 10.3. The quantitative estimate of drug-likeness (QED) is 0.856. The second kappa shape index (κ2) is 5.00. The van der Waals surface area contributed by atoms with E-state index >= 15 is 0 Å². The van der Waals surface area contributed by atoms with Crippen molar-refractivity contribution in [3.05, 3.63) is 65.0 Å². The lowest BCUT2D eigenvalue weighted by Crippen LogP contribution is -2.13. The second-order valence-electron chi connectivity index (χ2n) is 4.28. The topological polar surface area (TPSA) is 29.1 Å². The summed E-state index contributed by atoms with van der Waals surface area (Å²) in [5.74, 6) is -0.587. The number of rotatable bonds is 2. The highest BCUT2D eigenvalue weighted by molar-refractivity contribution is 6.05. The number of hydrogen-bond donors (Lipinski definition) is 1. The molecule has 0 atom stereocenters. The molecule has 2 aromatic rings. The maximum absolute atomic E-state index is 13.0. The van der Waals surface area contributed by atoms with Crippen LogP contribution in [0.4, 0.5) is 10.1 Å². The van der Waals surface area contributed by atoms with Gasteiger partial charge in [0.25, 0.3) is 5.91 Å². The fraction of sp³-hybridized carbons (Fsp3) is 0.133. The van der Waals surface area contributed by atoms with Gasteiger partial charge in [-0.1, -0.05) is 23.8 Å². The van der Waals surface area contributed by atoms with E-state index in [1.54, 1.807) is 12.1 Å². The highest BCUT2D eigenvalue weighted by Gasteiger charge is 2.09. The smallest absolute Gasteiger partial charge is 0.255 e. The number of halogens is 1. The van der Waals surface area contributed by atoms with Gasteiger partial charge < -0.3 is 5.32 Å². The van der Waals surface area contributed by atoms with E-state index in [1.165, 1.54) is 12.1 Å². The first kappa shape index (κ1) is 12.3. The zero-order chi connectivity index (χ0) is 13.1. The van der Waals surface area contributed by atoms with E-state index in [4.69, 9.17) is 0 Å². The van der Waals surface area contributed by atoms with Crippen LogP contribution >= 0.6 is 0 Å². The summed E-state index contributed by atoms with van der Waals surface area (Å²) in [6.45, 7) is 3.80. The molecule has 0 aliphatic carbocycles. The fourth-order valence-electron chi connectivity index (χ4n) is 1.75. The van der Waals surface area contributed by atoms with Gasteiger partial charge in [0.2, 0.25) is 0 Å². The van der Waals surface area contributed by atoms with Gasteiger partial charge in [-0.2, -0.15) is 0 Å². The molecule has 2 nitrogen and oxygen atoms in total. The summed E-state index contributed by atoms with van der Waals surface area (Å²) in [5, 5.41) is 2.69. The minimum Gasteiger partial charge on any atom is -0.322 e. The van der Waals surface area contributed by atoms with Crippen molar-refractivity contribution in [3.63, 3.8) is 0 Å². The molecule has 0 aromatic heterocycles. The van der Waals surface area contributed by atoms with Crippen LogP contribution < -0.4 is 5.32 Å². The monoisotopic (exact) mass is 243 g/mol. The van der Waals surface area contributed by atoms with Crippen LogP contribution in [0.15, 0.2) is 42.5 Å². The molecule has 0 bridgehead atoms. The molecule has 2 rings (SSSR count). The van der Waals surface area contributed by atoms with E-state index in [0.29, 0.717) is 11.3 Å². The first-order valence-electron chi connectivity index (χ1n) is 5.70. The van der Waals surface area contributed by atoms with Crippen molar-refractivity contribution in [2.75, 3.05) is 5.32 Å². The number of carbonyl (C=O) groups excluding carboxylic acids is 1. The molecule has 0 unspecified atom stereocenters. The van der Waals surface area contributed by atoms with Gasteiger partial charge >= 0.3 is 0 Å². The van der Waals surface area contributed by atoms with Gasteiger partial charge in [-0.15, -0.1) is 0 Å². The molecule has 92 valence electrons. The van der Waals surface area contributed by atoms with Gasteiger partial charge in [0.05, 0.1) is 0 Å². The van der Waals surface area contributed by atoms with Crippen LogP contribution in [0.3, 0.4) is 0 Å². The van der Waals surface area contributed by atoms with Crippen LogP contribution in [0.1, 0.15) is 21.5 Å². The van der Waals surface area contributed by atoms with Crippen LogP contribution in [0.5, 0.6) is 0 Å². The number of benzene rings is 2. The molecule has 3 heteroatoms. The average molecular weight is 243 g/mol. The van der Waals surface area contributed by atoms with Crippen molar-refractivity contribution >= 4 is 11.6 Å². The van der Waals surface area contributed by atoms with E-state index in [0.717, 1.165) is 11.1 Å². The highest BCUT2D eigenvalue weighted by Crippen LogP contribution is 2.14. The number of aryl methyl sites for hydroxylation is 2. The third kappa shape index (κ3) is 2.74. The molecule has 0 radical (unpaired) electrons. The fourth-order valence-corrected chi connectivity index (χ4v) is 1.75. The van der Waals surface area contributed by atoms with Crippen molar-refractivity contribution in [1.82, 2.24) is 0 Å². The molecule has 1 amide bonds. The molecule has 0 saturated carbocycles. The standard InChI is InChI=1S/C15H14FNO/c1-10-6-7-11(2)14(8-10)15(18)17-13-5-3-4-12(16)9-13/h3-9H,1-2H3,(H,17,18). The predicted molar refractivity (Wildman–Crippen MR) is 70.3 cm³/mol. The van der Waals surface area contributed by atoms with Crippen molar-refractivity contribution < 1.29 is 9.18 Å². The van der Waals surface area contributed by atoms with Crippen LogP contribution in [0.25, 0.3) is 0 Å². The van der Waals surface area contributed by atoms with E-state index in [1.807, 2.05) is 32.0 Å². The third-order valence-electron chi connectivity index (χ3n) is 2.72. The Morgan fingerprint density at radius 2 is 1.89 bits per heavy atom. The summed E-state index contributed by atoms with van der Waals surface area (Å²) in [6, 6.07) is 11.5. The summed E-state index contributed by atoms with van der Waals surface area (Å²) in [5.41, 5.74) is 2.99. The maximum atomic E-state index is 13.0. The molecule has 18 heavy (non-hydrogen) atoms. The summed E-state index contributed by atoms with van der Waals surface area (Å²) in [7, 11) is 0. The molecule has 0 aliphatic heterocycles. The van der Waals surface area contributed by atoms with Crippen molar-refractivity contribution in [3.8, 4) is 0 Å². The van der Waals surface area contributed by atoms with Crippen molar-refractivity contribution in [1.29, 1.82) is 0 Å². The largest absolute Gasteiger partial charge is 0.322 e. The van der Waals surface area contributed by atoms with E-state index in [2.05, 4.69) is 5.32 Å². The molecular weight excluding hydrogens is 229 g/mol.